The maximum Gasteiger partial charge on any atom is 0.138 e. The van der Waals surface area contributed by atoms with Crippen molar-refractivity contribution in [2.75, 3.05) is 13.1 Å². The topological polar surface area (TPSA) is 15.6 Å². The van der Waals surface area contributed by atoms with Crippen LogP contribution in [0.2, 0.25) is 0 Å². The van der Waals surface area contributed by atoms with Crippen LogP contribution in [0.5, 0.6) is 0 Å². The number of fused-ring (bicyclic) bond motifs is 1. The fourth-order valence-corrected chi connectivity index (χ4v) is 5.24. The first kappa shape index (κ1) is 15.8. The van der Waals surface area contributed by atoms with Crippen LogP contribution in [0, 0.1) is 5.92 Å². The van der Waals surface area contributed by atoms with Crippen molar-refractivity contribution in [1.29, 1.82) is 0 Å². The van der Waals surface area contributed by atoms with Gasteiger partial charge in [-0.2, -0.15) is 0 Å². The lowest BCUT2D eigenvalue weighted by atomic mass is 9.89. The fraction of sp³-hybridized carbons (Fsp3) is 0.381. The molecule has 1 unspecified atom stereocenters. The first-order chi connectivity index (χ1) is 11.7. The lowest BCUT2D eigenvalue weighted by Gasteiger charge is -2.42. The molecule has 24 heavy (non-hydrogen) atoms. The first-order valence-corrected chi connectivity index (χ1v) is 9.68. The van der Waals surface area contributed by atoms with Gasteiger partial charge in [0.1, 0.15) is 10.6 Å². The molecule has 2 nitrogen and oxygen atoms in total. The van der Waals surface area contributed by atoms with Gasteiger partial charge in [0.15, 0.2) is 0 Å². The minimum atomic E-state index is -0.157. The molecule has 0 saturated carbocycles. The molecular weight excluding hydrogens is 312 g/mol. The molecule has 4 rings (SSSR count). The Bertz CT molecular complexity index is 742. The average Bonchev–Trinajstić information content (AvgIpc) is 2.60. The molecule has 1 aromatic rings. The van der Waals surface area contributed by atoms with E-state index in [1.165, 1.54) is 22.7 Å². The molecule has 0 N–H and O–H groups in total. The van der Waals surface area contributed by atoms with Crippen LogP contribution in [0.15, 0.2) is 70.4 Å². The third kappa shape index (κ3) is 2.65. The van der Waals surface area contributed by atoms with Crippen molar-refractivity contribution in [2.45, 2.75) is 31.4 Å². The summed E-state index contributed by atoms with van der Waals surface area (Å²) in [6.07, 6.45) is 11.2. The van der Waals surface area contributed by atoms with Gasteiger partial charge in [0, 0.05) is 18.0 Å². The Labute approximate surface area is 149 Å². The monoisotopic (exact) mass is 336 g/mol. The highest BCUT2D eigenvalue weighted by Crippen LogP contribution is 2.51. The average molecular weight is 337 g/mol. The Morgan fingerprint density at radius 2 is 2.04 bits per heavy atom. The second-order valence-corrected chi connectivity index (χ2v) is 8.45. The van der Waals surface area contributed by atoms with E-state index in [0.717, 1.165) is 25.2 Å². The summed E-state index contributed by atoms with van der Waals surface area (Å²) in [6, 6.07) is 10.8. The zero-order valence-corrected chi connectivity index (χ0v) is 15.2. The lowest BCUT2D eigenvalue weighted by molar-refractivity contribution is 0.283. The van der Waals surface area contributed by atoms with Gasteiger partial charge in [0.05, 0.1) is 5.71 Å². The molecule has 0 radical (unpaired) electrons. The minimum Gasteiger partial charge on any atom is -0.356 e. The summed E-state index contributed by atoms with van der Waals surface area (Å²) in [5, 5.41) is 0. The van der Waals surface area contributed by atoms with Crippen LogP contribution in [0.1, 0.15) is 32.3 Å². The highest BCUT2D eigenvalue weighted by molar-refractivity contribution is 8.05. The van der Waals surface area contributed by atoms with Gasteiger partial charge in [0.2, 0.25) is 0 Å². The standard InChI is InChI=1S/C21H24N2S/c1-16(2)15-23-14-8-11-18-20(23)22-19-12-6-7-13-21(19,24-18)17-9-4-3-5-10-17/h3-7,9-10,12-13,16H,8,11,14-15H2,1-2H3. The normalized spacial score (nSPS) is 25.6. The second-order valence-electron chi connectivity index (χ2n) is 7.11. The third-order valence-corrected chi connectivity index (χ3v) is 6.29. The Balaban J connectivity index is 1.78. The predicted molar refractivity (Wildman–Crippen MR) is 104 cm³/mol. The van der Waals surface area contributed by atoms with Crippen molar-refractivity contribution >= 4 is 17.5 Å². The quantitative estimate of drug-likeness (QED) is 0.761. The van der Waals surface area contributed by atoms with Gasteiger partial charge >= 0.3 is 0 Å². The molecule has 0 amide bonds. The Morgan fingerprint density at radius 3 is 2.83 bits per heavy atom. The summed E-state index contributed by atoms with van der Waals surface area (Å²) in [5.74, 6) is 1.88. The number of hydrogen-bond donors (Lipinski definition) is 0. The number of nitrogens with zero attached hydrogens (tertiary/aromatic N) is 2. The van der Waals surface area contributed by atoms with Crippen LogP contribution in [0.3, 0.4) is 0 Å². The van der Waals surface area contributed by atoms with Crippen molar-refractivity contribution in [3.63, 3.8) is 0 Å². The fourth-order valence-electron chi connectivity index (χ4n) is 3.72. The Kier molecular flexibility index (Phi) is 4.13. The van der Waals surface area contributed by atoms with E-state index in [2.05, 4.69) is 73.4 Å². The summed E-state index contributed by atoms with van der Waals surface area (Å²) in [7, 11) is 0. The first-order valence-electron chi connectivity index (χ1n) is 8.87. The molecule has 0 spiro atoms. The molecule has 1 aliphatic carbocycles. The summed E-state index contributed by atoms with van der Waals surface area (Å²) in [4.78, 5) is 9.12. The molecule has 0 fully saturated rings. The molecular formula is C21H24N2S. The van der Waals surface area contributed by atoms with Gasteiger partial charge in [0.25, 0.3) is 0 Å². The van der Waals surface area contributed by atoms with Gasteiger partial charge in [-0.25, -0.2) is 4.99 Å². The number of benzene rings is 1. The molecule has 2 aliphatic heterocycles. The third-order valence-electron chi connectivity index (χ3n) is 4.76. The van der Waals surface area contributed by atoms with Crippen molar-refractivity contribution in [1.82, 2.24) is 4.90 Å². The summed E-state index contributed by atoms with van der Waals surface area (Å²) >= 11 is 2.00. The van der Waals surface area contributed by atoms with Gasteiger partial charge < -0.3 is 4.90 Å². The van der Waals surface area contributed by atoms with Crippen LogP contribution in [0.25, 0.3) is 0 Å². The van der Waals surface area contributed by atoms with Crippen molar-refractivity contribution in [2.24, 2.45) is 10.9 Å². The van der Waals surface area contributed by atoms with E-state index in [1.807, 2.05) is 11.8 Å². The van der Waals surface area contributed by atoms with E-state index >= 15 is 0 Å². The number of allylic oxidation sites excluding steroid dienone is 4. The molecule has 0 aromatic heterocycles. The van der Waals surface area contributed by atoms with E-state index in [-0.39, 0.29) is 4.75 Å². The highest BCUT2D eigenvalue weighted by atomic mass is 32.2. The molecule has 0 saturated heterocycles. The predicted octanol–water partition coefficient (Wildman–Crippen LogP) is 5.12. The van der Waals surface area contributed by atoms with Crippen LogP contribution < -0.4 is 0 Å². The number of hydrogen-bond acceptors (Lipinski definition) is 3. The SMILES string of the molecule is CC(C)CN1CCCC2=C1N=C1C=CC=CC1(c1ccccc1)S2. The Morgan fingerprint density at radius 1 is 1.21 bits per heavy atom. The van der Waals surface area contributed by atoms with E-state index in [1.54, 1.807) is 0 Å². The van der Waals surface area contributed by atoms with Gasteiger partial charge in [-0.3, -0.25) is 0 Å². The molecule has 1 aromatic carbocycles. The zero-order chi connectivity index (χ0) is 16.6. The van der Waals surface area contributed by atoms with E-state index in [9.17, 15) is 0 Å². The number of thioether (sulfide) groups is 1. The minimum absolute atomic E-state index is 0.157. The molecule has 3 aliphatic rings. The highest BCUT2D eigenvalue weighted by Gasteiger charge is 2.42. The van der Waals surface area contributed by atoms with Crippen LogP contribution in [-0.4, -0.2) is 23.7 Å². The molecule has 2 heterocycles. The van der Waals surface area contributed by atoms with Crippen LogP contribution in [-0.2, 0) is 4.75 Å². The number of rotatable bonds is 3. The van der Waals surface area contributed by atoms with Crippen LogP contribution >= 0.6 is 11.8 Å². The maximum atomic E-state index is 5.17. The number of aliphatic imine (C=N–C) groups is 1. The summed E-state index contributed by atoms with van der Waals surface area (Å²) in [6.45, 7) is 6.80. The molecule has 3 heteroatoms. The largest absolute Gasteiger partial charge is 0.356 e. The zero-order valence-electron chi connectivity index (χ0n) is 14.4. The van der Waals surface area contributed by atoms with E-state index < -0.39 is 0 Å². The second kappa shape index (κ2) is 6.29. The summed E-state index contributed by atoms with van der Waals surface area (Å²) < 4.78 is -0.157. The van der Waals surface area contributed by atoms with Crippen LogP contribution in [0.4, 0.5) is 0 Å². The Hall–Kier alpha value is -1.74. The van der Waals surface area contributed by atoms with Crippen molar-refractivity contribution < 1.29 is 0 Å². The van der Waals surface area contributed by atoms with Gasteiger partial charge in [-0.05, 0) is 30.4 Å². The summed E-state index contributed by atoms with van der Waals surface area (Å²) in [5.41, 5.74) is 2.48. The molecule has 124 valence electrons. The maximum absolute atomic E-state index is 5.17. The lowest BCUT2D eigenvalue weighted by Crippen LogP contribution is -2.38. The smallest absolute Gasteiger partial charge is 0.138 e. The molecule has 0 bridgehead atoms. The van der Waals surface area contributed by atoms with Crippen molar-refractivity contribution in [3.05, 3.63) is 70.9 Å². The van der Waals surface area contributed by atoms with Gasteiger partial charge in [-0.1, -0.05) is 62.4 Å². The van der Waals surface area contributed by atoms with E-state index in [0.29, 0.717) is 5.92 Å². The van der Waals surface area contributed by atoms with E-state index in [4.69, 9.17) is 4.99 Å². The van der Waals surface area contributed by atoms with Gasteiger partial charge in [-0.15, -0.1) is 11.8 Å². The van der Waals surface area contributed by atoms with Crippen molar-refractivity contribution in [3.8, 4) is 0 Å². The molecule has 1 atom stereocenters.